The Morgan fingerprint density at radius 1 is 0.659 bits per heavy atom. The summed E-state index contributed by atoms with van der Waals surface area (Å²) in [7, 11) is 0. The van der Waals surface area contributed by atoms with Crippen LogP contribution in [0.15, 0.2) is 84.0 Å². The SMILES string of the molecule is Cc1ccc(C2CC(C)(C3c4ccc(C(C)(C)C)cc4-c4cc(C(C)(C)C)ccc43)C3C=C(C(C)(C)C)C=C23)cc1. The molecule has 3 aliphatic carbocycles. The van der Waals surface area contributed by atoms with E-state index in [4.69, 9.17) is 0 Å². The van der Waals surface area contributed by atoms with Gasteiger partial charge in [-0.1, -0.05) is 153 Å². The molecule has 0 aromatic heterocycles. The maximum absolute atomic E-state index is 2.66. The molecule has 41 heavy (non-hydrogen) atoms. The molecule has 0 aliphatic heterocycles. The Balaban J connectivity index is 1.57. The van der Waals surface area contributed by atoms with Crippen molar-refractivity contribution < 1.29 is 0 Å². The van der Waals surface area contributed by atoms with Crippen LogP contribution < -0.4 is 0 Å². The number of fused-ring (bicyclic) bond motifs is 4. The second-order valence-electron chi connectivity index (χ2n) is 16.7. The fraction of sp³-hybridized carbons (Fsp3) is 0.463. The molecule has 0 amide bonds. The van der Waals surface area contributed by atoms with E-state index in [1.54, 1.807) is 5.57 Å². The molecule has 0 bridgehead atoms. The molecule has 0 heteroatoms. The maximum atomic E-state index is 2.66. The van der Waals surface area contributed by atoms with Crippen molar-refractivity contribution in [1.29, 1.82) is 0 Å². The minimum atomic E-state index is 0.0842. The van der Waals surface area contributed by atoms with Gasteiger partial charge in [0, 0.05) is 17.8 Å². The van der Waals surface area contributed by atoms with Crippen LogP contribution in [0.2, 0.25) is 0 Å². The highest BCUT2D eigenvalue weighted by Crippen LogP contribution is 2.67. The molecule has 3 unspecified atom stereocenters. The monoisotopic (exact) mass is 542 g/mol. The van der Waals surface area contributed by atoms with Crippen LogP contribution in [0.1, 0.15) is 121 Å². The third kappa shape index (κ3) is 4.57. The van der Waals surface area contributed by atoms with E-state index in [2.05, 4.69) is 149 Å². The van der Waals surface area contributed by atoms with E-state index in [-0.39, 0.29) is 21.7 Å². The molecule has 0 nitrogen and oxygen atoms in total. The lowest BCUT2D eigenvalue weighted by atomic mass is 9.65. The average Bonchev–Trinajstić information content (AvgIpc) is 3.54. The molecule has 1 fully saturated rings. The zero-order valence-electron chi connectivity index (χ0n) is 27.4. The Bertz CT molecular complexity index is 1510. The fourth-order valence-corrected chi connectivity index (χ4v) is 7.93. The van der Waals surface area contributed by atoms with Crippen LogP contribution in [0.25, 0.3) is 11.1 Å². The van der Waals surface area contributed by atoms with Gasteiger partial charge in [0.2, 0.25) is 0 Å². The highest BCUT2D eigenvalue weighted by atomic mass is 14.6. The molecule has 0 saturated heterocycles. The van der Waals surface area contributed by atoms with Crippen molar-refractivity contribution in [2.45, 2.75) is 105 Å². The Morgan fingerprint density at radius 2 is 1.17 bits per heavy atom. The summed E-state index contributed by atoms with van der Waals surface area (Å²) in [6.07, 6.45) is 6.42. The summed E-state index contributed by atoms with van der Waals surface area (Å²) in [6.45, 7) is 26.0. The Hall–Kier alpha value is -2.86. The van der Waals surface area contributed by atoms with Crippen molar-refractivity contribution >= 4 is 0 Å². The van der Waals surface area contributed by atoms with E-state index in [0.717, 1.165) is 0 Å². The van der Waals surface area contributed by atoms with Gasteiger partial charge in [-0.2, -0.15) is 0 Å². The molecule has 3 aromatic rings. The first kappa shape index (κ1) is 28.3. The zero-order valence-corrected chi connectivity index (χ0v) is 27.4. The zero-order chi connectivity index (χ0) is 29.7. The van der Waals surface area contributed by atoms with Crippen LogP contribution in [0.5, 0.6) is 0 Å². The van der Waals surface area contributed by atoms with Gasteiger partial charge >= 0.3 is 0 Å². The smallest absolute Gasteiger partial charge is 0.0164 e. The largest absolute Gasteiger partial charge is 0.0730 e. The third-order valence-electron chi connectivity index (χ3n) is 10.5. The molecule has 3 atom stereocenters. The van der Waals surface area contributed by atoms with Crippen molar-refractivity contribution in [2.75, 3.05) is 0 Å². The molecule has 3 aliphatic rings. The van der Waals surface area contributed by atoms with Gasteiger partial charge in [-0.3, -0.25) is 0 Å². The Morgan fingerprint density at radius 3 is 1.63 bits per heavy atom. The van der Waals surface area contributed by atoms with Gasteiger partial charge in [-0.05, 0) is 79.5 Å². The molecule has 0 radical (unpaired) electrons. The molecule has 0 spiro atoms. The molecule has 0 heterocycles. The number of hydrogen-bond acceptors (Lipinski definition) is 0. The van der Waals surface area contributed by atoms with Crippen molar-refractivity contribution in [3.8, 4) is 11.1 Å². The summed E-state index contributed by atoms with van der Waals surface area (Å²) in [5.41, 5.74) is 15.3. The summed E-state index contributed by atoms with van der Waals surface area (Å²) < 4.78 is 0. The van der Waals surface area contributed by atoms with Gasteiger partial charge in [-0.15, -0.1) is 0 Å². The minimum absolute atomic E-state index is 0.0842. The lowest BCUT2D eigenvalue weighted by Gasteiger charge is -2.38. The summed E-state index contributed by atoms with van der Waals surface area (Å²) >= 11 is 0. The summed E-state index contributed by atoms with van der Waals surface area (Å²) in [6, 6.07) is 24.3. The topological polar surface area (TPSA) is 0 Å². The van der Waals surface area contributed by atoms with Gasteiger partial charge in [0.15, 0.2) is 0 Å². The van der Waals surface area contributed by atoms with Crippen LogP contribution in [0, 0.1) is 23.7 Å². The Labute approximate surface area is 250 Å². The number of allylic oxidation sites excluding steroid dienone is 4. The Kier molecular flexibility index (Phi) is 6.25. The van der Waals surface area contributed by atoms with Gasteiger partial charge in [0.1, 0.15) is 0 Å². The van der Waals surface area contributed by atoms with Crippen molar-refractivity contribution in [3.63, 3.8) is 0 Å². The third-order valence-corrected chi connectivity index (χ3v) is 10.5. The first-order chi connectivity index (χ1) is 19.0. The van der Waals surface area contributed by atoms with Crippen LogP contribution in [-0.2, 0) is 10.8 Å². The highest BCUT2D eigenvalue weighted by molar-refractivity contribution is 5.81. The van der Waals surface area contributed by atoms with Crippen molar-refractivity contribution in [2.24, 2.45) is 16.7 Å². The summed E-state index contributed by atoms with van der Waals surface area (Å²) in [5, 5.41) is 0. The number of aryl methyl sites for hydroxylation is 1. The standard InChI is InChI=1S/C41H50/c1-25-12-14-26(15-13-25)35-24-41(11,36-23-29(22-34(35)36)40(8,9)10)37-30-18-16-27(38(2,3)4)20-32(30)33-21-28(39(5,6)7)17-19-31(33)37/h12-23,35-37H,24H2,1-11H3. The molecular formula is C41H50. The molecule has 0 N–H and O–H groups in total. The van der Waals surface area contributed by atoms with E-state index in [1.165, 1.54) is 56.5 Å². The van der Waals surface area contributed by atoms with Gasteiger partial charge < -0.3 is 0 Å². The predicted octanol–water partition coefficient (Wildman–Crippen LogP) is 11.4. The van der Waals surface area contributed by atoms with E-state index >= 15 is 0 Å². The normalized spacial score (nSPS) is 24.2. The van der Waals surface area contributed by atoms with Gasteiger partial charge in [0.05, 0.1) is 0 Å². The predicted molar refractivity (Wildman–Crippen MR) is 177 cm³/mol. The molecule has 3 aromatic carbocycles. The van der Waals surface area contributed by atoms with Crippen molar-refractivity contribution in [3.05, 3.63) is 117 Å². The number of benzene rings is 3. The van der Waals surface area contributed by atoms with Crippen LogP contribution in [-0.4, -0.2) is 0 Å². The first-order valence-electron chi connectivity index (χ1n) is 15.8. The van der Waals surface area contributed by atoms with E-state index in [1.807, 2.05) is 0 Å². The number of hydrogen-bond donors (Lipinski definition) is 0. The van der Waals surface area contributed by atoms with Crippen LogP contribution in [0.3, 0.4) is 0 Å². The van der Waals surface area contributed by atoms with E-state index in [9.17, 15) is 0 Å². The maximum Gasteiger partial charge on any atom is 0.0164 e. The lowest BCUT2D eigenvalue weighted by molar-refractivity contribution is 0.245. The summed E-state index contributed by atoms with van der Waals surface area (Å²) in [5.74, 6) is 1.27. The van der Waals surface area contributed by atoms with Gasteiger partial charge in [0.25, 0.3) is 0 Å². The summed E-state index contributed by atoms with van der Waals surface area (Å²) in [4.78, 5) is 0. The second-order valence-corrected chi connectivity index (χ2v) is 16.7. The first-order valence-corrected chi connectivity index (χ1v) is 15.8. The lowest BCUT2D eigenvalue weighted by Crippen LogP contribution is -2.29. The second kappa shape index (κ2) is 9.07. The average molecular weight is 543 g/mol. The molecular weight excluding hydrogens is 492 g/mol. The fourth-order valence-electron chi connectivity index (χ4n) is 7.93. The van der Waals surface area contributed by atoms with E-state index < -0.39 is 0 Å². The van der Waals surface area contributed by atoms with Crippen molar-refractivity contribution in [1.82, 2.24) is 0 Å². The van der Waals surface area contributed by atoms with Gasteiger partial charge in [-0.25, -0.2) is 0 Å². The molecule has 1 saturated carbocycles. The van der Waals surface area contributed by atoms with E-state index in [0.29, 0.717) is 17.8 Å². The minimum Gasteiger partial charge on any atom is -0.0730 e. The molecule has 214 valence electrons. The molecule has 6 rings (SSSR count). The van der Waals surface area contributed by atoms with Crippen LogP contribution >= 0.6 is 0 Å². The van der Waals surface area contributed by atoms with Crippen LogP contribution in [0.4, 0.5) is 0 Å². The number of rotatable bonds is 2. The highest BCUT2D eigenvalue weighted by Gasteiger charge is 2.55. The quantitative estimate of drug-likeness (QED) is 0.302.